The molecule has 7 nitrogen and oxygen atoms in total. The molecule has 1 N–H and O–H groups in total. The van der Waals surface area contributed by atoms with Gasteiger partial charge < -0.3 is 19.2 Å². The van der Waals surface area contributed by atoms with E-state index in [1.165, 1.54) is 0 Å². The van der Waals surface area contributed by atoms with Gasteiger partial charge in [-0.25, -0.2) is 14.4 Å². The molecule has 35 heavy (non-hydrogen) atoms. The van der Waals surface area contributed by atoms with Crippen LogP contribution in [0.3, 0.4) is 0 Å². The molecule has 0 unspecified atom stereocenters. The number of carbonyl (C=O) groups excluding carboxylic acids is 2. The minimum absolute atomic E-state index is 0.0962. The number of hydrogen-bond acceptors (Lipinski definition) is 6. The predicted octanol–water partition coefficient (Wildman–Crippen LogP) is 5.65. The van der Waals surface area contributed by atoms with Gasteiger partial charge in [-0.3, -0.25) is 0 Å². The molecule has 4 rings (SSSR count). The third-order valence-electron chi connectivity index (χ3n) is 5.83. The van der Waals surface area contributed by atoms with E-state index < -0.39 is 23.7 Å². The molecule has 0 spiro atoms. The number of ether oxygens (including phenoxy) is 2. The topological polar surface area (TPSA) is 94.8 Å². The van der Waals surface area contributed by atoms with Crippen LogP contribution >= 0.6 is 0 Å². The first kappa shape index (κ1) is 24.0. The number of rotatable bonds is 8. The van der Waals surface area contributed by atoms with Crippen molar-refractivity contribution in [2.24, 2.45) is 0 Å². The van der Waals surface area contributed by atoms with Crippen LogP contribution in [0.5, 0.6) is 5.75 Å². The van der Waals surface area contributed by atoms with E-state index in [0.29, 0.717) is 23.0 Å². The van der Waals surface area contributed by atoms with Crippen molar-refractivity contribution in [2.75, 3.05) is 0 Å². The summed E-state index contributed by atoms with van der Waals surface area (Å²) in [5.74, 6) is -0.345. The van der Waals surface area contributed by atoms with Gasteiger partial charge in [0.2, 0.25) is 0 Å². The van der Waals surface area contributed by atoms with E-state index >= 15 is 0 Å². The van der Waals surface area contributed by atoms with E-state index in [9.17, 15) is 14.4 Å². The van der Waals surface area contributed by atoms with Crippen LogP contribution in [0.4, 0.5) is 4.79 Å². The fraction of sp³-hybridized carbons (Fsp3) is 0.250. The predicted molar refractivity (Wildman–Crippen MR) is 133 cm³/mol. The van der Waals surface area contributed by atoms with Crippen LogP contribution < -0.4 is 15.7 Å². The lowest BCUT2D eigenvalue weighted by Gasteiger charge is -2.18. The average Bonchev–Trinajstić information content (AvgIpc) is 2.88. The Hall–Kier alpha value is -4.13. The van der Waals surface area contributed by atoms with Crippen molar-refractivity contribution >= 4 is 33.8 Å². The second-order valence-electron chi connectivity index (χ2n) is 8.32. The quantitative estimate of drug-likeness (QED) is 0.154. The van der Waals surface area contributed by atoms with Crippen LogP contribution in [-0.4, -0.2) is 18.1 Å². The van der Waals surface area contributed by atoms with Crippen molar-refractivity contribution in [3.63, 3.8) is 0 Å². The van der Waals surface area contributed by atoms with Crippen molar-refractivity contribution in [2.45, 2.75) is 45.8 Å². The first-order valence-corrected chi connectivity index (χ1v) is 11.6. The monoisotopic (exact) mass is 473 g/mol. The molecule has 0 aliphatic carbocycles. The number of carbonyl (C=O) groups is 2. The number of hydrogen-bond donors (Lipinski definition) is 1. The van der Waals surface area contributed by atoms with Gasteiger partial charge in [-0.15, -0.1) is 0 Å². The molecular weight excluding hydrogens is 446 g/mol. The smallest absolute Gasteiger partial charge is 0.408 e. The highest BCUT2D eigenvalue weighted by molar-refractivity contribution is 6.05. The van der Waals surface area contributed by atoms with Gasteiger partial charge in [0.15, 0.2) is 0 Å². The summed E-state index contributed by atoms with van der Waals surface area (Å²) in [5.41, 5.74) is 1.28. The summed E-state index contributed by atoms with van der Waals surface area (Å²) >= 11 is 0. The lowest BCUT2D eigenvalue weighted by molar-refractivity contribution is -0.136. The maximum Gasteiger partial charge on any atom is 0.408 e. The molecule has 180 valence electrons. The highest BCUT2D eigenvalue weighted by Crippen LogP contribution is 2.31. The number of alkyl carbamates (subject to hydrolysis) is 1. The Morgan fingerprint density at radius 2 is 1.66 bits per heavy atom. The first-order chi connectivity index (χ1) is 17.0. The van der Waals surface area contributed by atoms with E-state index in [2.05, 4.69) is 5.32 Å². The third-order valence-corrected chi connectivity index (χ3v) is 5.83. The van der Waals surface area contributed by atoms with Gasteiger partial charge in [0.1, 0.15) is 24.0 Å². The zero-order valence-corrected chi connectivity index (χ0v) is 19.7. The number of esters is 1. The molecule has 7 heteroatoms. The number of benzene rings is 3. The zero-order valence-electron chi connectivity index (χ0n) is 19.7. The molecule has 1 atom stereocenters. The maximum absolute atomic E-state index is 13.0. The molecule has 0 saturated heterocycles. The van der Waals surface area contributed by atoms with Gasteiger partial charge in [-0.2, -0.15) is 0 Å². The van der Waals surface area contributed by atoms with Gasteiger partial charge >= 0.3 is 17.7 Å². The van der Waals surface area contributed by atoms with Gasteiger partial charge in [-0.05, 0) is 42.5 Å². The number of fused-ring (bicyclic) bond motifs is 3. The minimum Gasteiger partial charge on any atom is -0.445 e. The summed E-state index contributed by atoms with van der Waals surface area (Å²) in [4.78, 5) is 37.8. The molecule has 0 bridgehead atoms. The molecule has 1 amide bonds. The molecule has 0 saturated carbocycles. The maximum atomic E-state index is 13.0. The lowest BCUT2D eigenvalue weighted by Crippen LogP contribution is -2.43. The van der Waals surface area contributed by atoms with Crippen LogP contribution in [0.1, 0.15) is 37.3 Å². The highest BCUT2D eigenvalue weighted by atomic mass is 16.6. The van der Waals surface area contributed by atoms with Crippen LogP contribution in [0, 0.1) is 6.92 Å². The molecule has 3 aromatic carbocycles. The first-order valence-electron chi connectivity index (χ1n) is 11.6. The Balaban J connectivity index is 1.52. The van der Waals surface area contributed by atoms with Crippen molar-refractivity contribution in [3.05, 3.63) is 88.3 Å². The van der Waals surface area contributed by atoms with Crippen molar-refractivity contribution in [1.82, 2.24) is 5.32 Å². The summed E-state index contributed by atoms with van der Waals surface area (Å²) in [7, 11) is 0. The minimum atomic E-state index is -0.878. The van der Waals surface area contributed by atoms with E-state index in [1.807, 2.05) is 49.4 Å². The fourth-order valence-electron chi connectivity index (χ4n) is 3.92. The molecule has 0 fully saturated rings. The van der Waals surface area contributed by atoms with Gasteiger partial charge in [0, 0.05) is 10.9 Å². The molecule has 0 radical (unpaired) electrons. The molecule has 4 aromatic rings. The van der Waals surface area contributed by atoms with Crippen LogP contribution in [-0.2, 0) is 16.1 Å². The average molecular weight is 474 g/mol. The van der Waals surface area contributed by atoms with Gasteiger partial charge in [0.05, 0.1) is 5.39 Å². The summed E-state index contributed by atoms with van der Waals surface area (Å²) in [6, 6.07) is 19.0. The van der Waals surface area contributed by atoms with Crippen molar-refractivity contribution in [3.8, 4) is 5.75 Å². The molecule has 0 aliphatic heterocycles. The second-order valence-corrected chi connectivity index (χ2v) is 8.32. The number of aryl methyl sites for hydroxylation is 1. The van der Waals surface area contributed by atoms with E-state index in [0.717, 1.165) is 29.2 Å². The van der Waals surface area contributed by atoms with Crippen molar-refractivity contribution < 1.29 is 23.5 Å². The van der Waals surface area contributed by atoms with E-state index in [-0.39, 0.29) is 12.4 Å². The molecule has 1 heterocycles. The Kier molecular flexibility index (Phi) is 7.45. The second kappa shape index (κ2) is 10.9. The Morgan fingerprint density at radius 3 is 2.40 bits per heavy atom. The standard InChI is InChI=1S/C28H27NO6/c1-3-4-14-23(29-28(32)33-17-19-10-6-5-7-11-19)27(31)34-24-16-15-21-20-12-8-9-13-22(20)26(30)35-25(21)18(24)2/h5-13,15-16,23H,3-4,14,17H2,1-2H3,(H,29,32)/t23-/m0/s1. The lowest BCUT2D eigenvalue weighted by atomic mass is 10.0. The van der Waals surface area contributed by atoms with Gasteiger partial charge in [-0.1, -0.05) is 68.3 Å². The summed E-state index contributed by atoms with van der Waals surface area (Å²) in [6.45, 7) is 3.82. The normalized spacial score (nSPS) is 11.8. The Morgan fingerprint density at radius 1 is 0.943 bits per heavy atom. The van der Waals surface area contributed by atoms with E-state index in [4.69, 9.17) is 13.9 Å². The summed E-state index contributed by atoms with van der Waals surface area (Å²) in [5, 5.41) is 4.63. The van der Waals surface area contributed by atoms with Crippen LogP contribution in [0.25, 0.3) is 21.7 Å². The van der Waals surface area contributed by atoms with Crippen LogP contribution in [0.2, 0.25) is 0 Å². The third kappa shape index (κ3) is 5.51. The Labute approximate surface area is 202 Å². The number of amides is 1. The summed E-state index contributed by atoms with van der Waals surface area (Å²) in [6.07, 6.45) is 1.27. The number of nitrogens with one attached hydrogen (secondary N) is 1. The highest BCUT2D eigenvalue weighted by Gasteiger charge is 2.24. The Bertz CT molecular complexity index is 1410. The fourth-order valence-corrected chi connectivity index (χ4v) is 3.92. The zero-order chi connectivity index (χ0) is 24.8. The molecule has 0 aliphatic rings. The van der Waals surface area contributed by atoms with Crippen molar-refractivity contribution in [1.29, 1.82) is 0 Å². The summed E-state index contributed by atoms with van der Waals surface area (Å²) < 4.78 is 16.5. The SMILES string of the molecule is CCCC[C@H](NC(=O)OCc1ccccc1)C(=O)Oc1ccc2c(oc(=O)c3ccccc32)c1C. The number of unbranched alkanes of at least 4 members (excludes halogenated alkanes) is 1. The van der Waals surface area contributed by atoms with Crippen LogP contribution in [0.15, 0.2) is 75.9 Å². The molecule has 1 aromatic heterocycles. The largest absolute Gasteiger partial charge is 0.445 e. The van der Waals surface area contributed by atoms with E-state index in [1.54, 1.807) is 31.2 Å². The molecular formula is C28H27NO6. The van der Waals surface area contributed by atoms with Gasteiger partial charge in [0.25, 0.3) is 0 Å².